The summed E-state index contributed by atoms with van der Waals surface area (Å²) in [4.78, 5) is 18.3. The van der Waals surface area contributed by atoms with E-state index in [-0.39, 0.29) is 11.9 Å². The van der Waals surface area contributed by atoms with E-state index in [9.17, 15) is 4.79 Å². The standard InChI is InChI=1S/C17H19N3O/c1-13(12-19-17(21)15-6-9-18-10-7-15)20-11-8-14-4-2-3-5-16(14)20/h2-7,9-10,13H,8,11-12H2,1H3,(H,19,21)/t13-/m0/s1. The van der Waals surface area contributed by atoms with E-state index in [1.807, 2.05) is 0 Å². The first-order chi connectivity index (χ1) is 10.3. The van der Waals surface area contributed by atoms with Crippen LogP contribution in [-0.2, 0) is 6.42 Å². The van der Waals surface area contributed by atoms with Gasteiger partial charge in [0.2, 0.25) is 0 Å². The molecule has 1 N–H and O–H groups in total. The second-order valence-electron chi connectivity index (χ2n) is 5.37. The van der Waals surface area contributed by atoms with Crippen molar-refractivity contribution in [2.75, 3.05) is 18.0 Å². The van der Waals surface area contributed by atoms with Crippen molar-refractivity contribution in [3.8, 4) is 0 Å². The normalized spacial score (nSPS) is 14.6. The highest BCUT2D eigenvalue weighted by atomic mass is 16.1. The molecule has 1 amide bonds. The lowest BCUT2D eigenvalue weighted by Gasteiger charge is -2.27. The van der Waals surface area contributed by atoms with E-state index in [1.54, 1.807) is 24.5 Å². The molecule has 1 aromatic carbocycles. The molecule has 2 heterocycles. The zero-order chi connectivity index (χ0) is 14.7. The lowest BCUT2D eigenvalue weighted by Crippen LogP contribution is -2.41. The number of carbonyl (C=O) groups excluding carboxylic acids is 1. The van der Waals surface area contributed by atoms with Gasteiger partial charge >= 0.3 is 0 Å². The summed E-state index contributed by atoms with van der Waals surface area (Å²) in [5, 5.41) is 3.00. The second kappa shape index (κ2) is 5.95. The van der Waals surface area contributed by atoms with Crippen LogP contribution in [0.2, 0.25) is 0 Å². The van der Waals surface area contributed by atoms with Gasteiger partial charge in [-0.1, -0.05) is 18.2 Å². The molecule has 1 atom stereocenters. The monoisotopic (exact) mass is 281 g/mol. The van der Waals surface area contributed by atoms with Crippen molar-refractivity contribution in [1.29, 1.82) is 0 Å². The predicted molar refractivity (Wildman–Crippen MR) is 83.5 cm³/mol. The Balaban J connectivity index is 1.61. The van der Waals surface area contributed by atoms with Gasteiger partial charge in [0.1, 0.15) is 0 Å². The minimum atomic E-state index is -0.0447. The maximum Gasteiger partial charge on any atom is 0.251 e. The van der Waals surface area contributed by atoms with Crippen molar-refractivity contribution in [2.45, 2.75) is 19.4 Å². The Hall–Kier alpha value is -2.36. The molecule has 2 aromatic rings. The zero-order valence-corrected chi connectivity index (χ0v) is 12.1. The fourth-order valence-electron chi connectivity index (χ4n) is 2.78. The fraction of sp³-hybridized carbons (Fsp3) is 0.294. The maximum absolute atomic E-state index is 12.1. The third-order valence-corrected chi connectivity index (χ3v) is 3.96. The Morgan fingerprint density at radius 2 is 2.05 bits per heavy atom. The van der Waals surface area contributed by atoms with E-state index >= 15 is 0 Å². The molecule has 4 nitrogen and oxygen atoms in total. The number of benzene rings is 1. The summed E-state index contributed by atoms with van der Waals surface area (Å²) >= 11 is 0. The molecule has 1 aliphatic rings. The third-order valence-electron chi connectivity index (χ3n) is 3.96. The summed E-state index contributed by atoms with van der Waals surface area (Å²) in [7, 11) is 0. The molecule has 0 radical (unpaired) electrons. The molecular weight excluding hydrogens is 262 g/mol. The van der Waals surface area contributed by atoms with Gasteiger partial charge in [0, 0.05) is 42.8 Å². The molecule has 1 aliphatic heterocycles. The predicted octanol–water partition coefficient (Wildman–Crippen LogP) is 2.26. The molecule has 0 saturated carbocycles. The van der Waals surface area contributed by atoms with Crippen LogP contribution in [-0.4, -0.2) is 30.0 Å². The largest absolute Gasteiger partial charge is 0.366 e. The molecule has 0 spiro atoms. The van der Waals surface area contributed by atoms with Gasteiger partial charge in [-0.05, 0) is 37.1 Å². The van der Waals surface area contributed by atoms with Crippen LogP contribution in [0.25, 0.3) is 0 Å². The average molecular weight is 281 g/mol. The number of carbonyl (C=O) groups is 1. The number of nitrogens with zero attached hydrogens (tertiary/aromatic N) is 2. The van der Waals surface area contributed by atoms with E-state index in [1.165, 1.54) is 11.3 Å². The molecule has 3 rings (SSSR count). The number of fused-ring (bicyclic) bond motifs is 1. The van der Waals surface area contributed by atoms with Crippen molar-refractivity contribution >= 4 is 11.6 Å². The van der Waals surface area contributed by atoms with Crippen molar-refractivity contribution in [1.82, 2.24) is 10.3 Å². The molecule has 21 heavy (non-hydrogen) atoms. The van der Waals surface area contributed by atoms with Gasteiger partial charge < -0.3 is 10.2 Å². The second-order valence-corrected chi connectivity index (χ2v) is 5.37. The van der Waals surface area contributed by atoms with Crippen LogP contribution in [0.3, 0.4) is 0 Å². The number of pyridine rings is 1. The maximum atomic E-state index is 12.1. The summed E-state index contributed by atoms with van der Waals surface area (Å²) in [5.41, 5.74) is 3.34. The molecular formula is C17H19N3O. The Bertz CT molecular complexity index is 627. The SMILES string of the molecule is C[C@@H](CNC(=O)c1ccncc1)N1CCc2ccccc21. The topological polar surface area (TPSA) is 45.2 Å². The first-order valence-corrected chi connectivity index (χ1v) is 7.28. The summed E-state index contributed by atoms with van der Waals surface area (Å²) < 4.78 is 0. The van der Waals surface area contributed by atoms with E-state index < -0.39 is 0 Å². The van der Waals surface area contributed by atoms with Crippen molar-refractivity contribution in [3.05, 3.63) is 59.9 Å². The number of hydrogen-bond acceptors (Lipinski definition) is 3. The molecule has 108 valence electrons. The minimum absolute atomic E-state index is 0.0447. The highest BCUT2D eigenvalue weighted by Crippen LogP contribution is 2.28. The lowest BCUT2D eigenvalue weighted by atomic mass is 10.1. The highest BCUT2D eigenvalue weighted by molar-refractivity contribution is 5.94. The first-order valence-electron chi connectivity index (χ1n) is 7.28. The molecule has 0 saturated heterocycles. The van der Waals surface area contributed by atoms with Gasteiger partial charge in [0.05, 0.1) is 0 Å². The van der Waals surface area contributed by atoms with Gasteiger partial charge in [-0.2, -0.15) is 0 Å². The van der Waals surface area contributed by atoms with Crippen LogP contribution in [0.15, 0.2) is 48.8 Å². The summed E-state index contributed by atoms with van der Waals surface area (Å²) in [6, 6.07) is 12.2. The van der Waals surface area contributed by atoms with Crippen LogP contribution in [0, 0.1) is 0 Å². The minimum Gasteiger partial charge on any atom is -0.366 e. The number of rotatable bonds is 4. The lowest BCUT2D eigenvalue weighted by molar-refractivity contribution is 0.0951. The molecule has 4 heteroatoms. The van der Waals surface area contributed by atoms with Gasteiger partial charge in [0.25, 0.3) is 5.91 Å². The van der Waals surface area contributed by atoms with E-state index in [0.717, 1.165) is 13.0 Å². The zero-order valence-electron chi connectivity index (χ0n) is 12.1. The first kappa shape index (κ1) is 13.6. The van der Waals surface area contributed by atoms with Crippen LogP contribution in [0.4, 0.5) is 5.69 Å². The van der Waals surface area contributed by atoms with Crippen molar-refractivity contribution in [3.63, 3.8) is 0 Å². The van der Waals surface area contributed by atoms with Gasteiger partial charge in [0.15, 0.2) is 0 Å². The third kappa shape index (κ3) is 2.89. The quantitative estimate of drug-likeness (QED) is 0.935. The molecule has 1 aromatic heterocycles. The molecule has 0 fully saturated rings. The van der Waals surface area contributed by atoms with Gasteiger partial charge in [-0.3, -0.25) is 9.78 Å². The smallest absolute Gasteiger partial charge is 0.251 e. The van der Waals surface area contributed by atoms with Crippen LogP contribution >= 0.6 is 0 Å². The highest BCUT2D eigenvalue weighted by Gasteiger charge is 2.23. The van der Waals surface area contributed by atoms with E-state index in [4.69, 9.17) is 0 Å². The van der Waals surface area contributed by atoms with Gasteiger partial charge in [-0.25, -0.2) is 0 Å². The number of hydrogen-bond donors (Lipinski definition) is 1. The molecule has 0 unspecified atom stereocenters. The van der Waals surface area contributed by atoms with Crippen molar-refractivity contribution < 1.29 is 4.79 Å². The van der Waals surface area contributed by atoms with Crippen LogP contribution in [0.5, 0.6) is 0 Å². The Kier molecular flexibility index (Phi) is 3.86. The van der Waals surface area contributed by atoms with E-state index in [0.29, 0.717) is 12.1 Å². The average Bonchev–Trinajstić information content (AvgIpc) is 2.97. The summed E-state index contributed by atoms with van der Waals surface area (Å²) in [6.07, 6.45) is 4.35. The number of nitrogens with one attached hydrogen (secondary N) is 1. The van der Waals surface area contributed by atoms with Crippen molar-refractivity contribution in [2.24, 2.45) is 0 Å². The molecule has 0 bridgehead atoms. The Labute approximate surface area is 124 Å². The number of aromatic nitrogens is 1. The van der Waals surface area contributed by atoms with Crippen LogP contribution < -0.4 is 10.2 Å². The Morgan fingerprint density at radius 1 is 1.29 bits per heavy atom. The molecule has 0 aliphatic carbocycles. The summed E-state index contributed by atoms with van der Waals surface area (Å²) in [5.74, 6) is -0.0447. The number of amides is 1. The fourth-order valence-corrected chi connectivity index (χ4v) is 2.78. The van der Waals surface area contributed by atoms with Gasteiger partial charge in [-0.15, -0.1) is 0 Å². The van der Waals surface area contributed by atoms with E-state index in [2.05, 4.69) is 46.4 Å². The van der Waals surface area contributed by atoms with Crippen LogP contribution in [0.1, 0.15) is 22.8 Å². The Morgan fingerprint density at radius 3 is 2.86 bits per heavy atom. The number of para-hydroxylation sites is 1. The summed E-state index contributed by atoms with van der Waals surface area (Å²) in [6.45, 7) is 3.80. The number of anilines is 1.